The first-order valence-corrected chi connectivity index (χ1v) is 19.8. The highest BCUT2D eigenvalue weighted by molar-refractivity contribution is 6.23. The van der Waals surface area contributed by atoms with Crippen molar-refractivity contribution in [2.24, 2.45) is 0 Å². The Morgan fingerprint density at radius 1 is 0.345 bits per heavy atom. The van der Waals surface area contributed by atoms with Crippen LogP contribution in [0.2, 0.25) is 0 Å². The largest absolute Gasteiger partial charge is 0.307 e. The van der Waals surface area contributed by atoms with Crippen LogP contribution in [0.3, 0.4) is 0 Å². The normalized spacial score (nSPS) is 11.8. The number of aromatic nitrogens is 4. The van der Waals surface area contributed by atoms with Crippen molar-refractivity contribution in [2.75, 3.05) is 0 Å². The van der Waals surface area contributed by atoms with Gasteiger partial charge in [0.05, 0.1) is 39.0 Å². The van der Waals surface area contributed by atoms with E-state index in [1.165, 1.54) is 26.9 Å². The van der Waals surface area contributed by atoms with Crippen LogP contribution in [-0.2, 0) is 0 Å². The maximum absolute atomic E-state index is 5.55. The first kappa shape index (κ1) is 32.4. The van der Waals surface area contributed by atoms with Crippen molar-refractivity contribution in [3.8, 4) is 45.1 Å². The second kappa shape index (κ2) is 12.9. The van der Waals surface area contributed by atoms with E-state index < -0.39 is 0 Å². The number of pyridine rings is 1. The van der Waals surface area contributed by atoms with Crippen molar-refractivity contribution in [2.45, 2.75) is 0 Å². The molecule has 0 fully saturated rings. The van der Waals surface area contributed by atoms with Crippen molar-refractivity contribution >= 4 is 65.3 Å². The molecule has 0 aliphatic rings. The maximum Gasteiger partial charge on any atom is 0.145 e. The Morgan fingerprint density at radius 3 is 1.86 bits per heavy atom. The highest BCUT2D eigenvalue weighted by atomic mass is 15.1. The van der Waals surface area contributed by atoms with E-state index >= 15 is 0 Å². The fourth-order valence-electron chi connectivity index (χ4n) is 9.06. The molecule has 0 spiro atoms. The summed E-state index contributed by atoms with van der Waals surface area (Å²) in [6.07, 6.45) is 0. The third kappa shape index (κ3) is 4.95. The van der Waals surface area contributed by atoms with Gasteiger partial charge in [0.2, 0.25) is 0 Å². The van der Waals surface area contributed by atoms with Gasteiger partial charge in [-0.2, -0.15) is 0 Å². The molecule has 0 saturated carbocycles. The zero-order chi connectivity index (χ0) is 38.2. The lowest BCUT2D eigenvalue weighted by molar-refractivity contribution is 1.11. The van der Waals surface area contributed by atoms with E-state index in [-0.39, 0.29) is 0 Å². The van der Waals surface area contributed by atoms with Crippen LogP contribution in [-0.4, -0.2) is 19.1 Å². The van der Waals surface area contributed by atoms with Crippen LogP contribution in [0, 0.1) is 0 Å². The number of fused-ring (bicyclic) bond motifs is 9. The third-order valence-electron chi connectivity index (χ3n) is 11.7. The fraction of sp³-hybridized carbons (Fsp3) is 0. The second-order valence-electron chi connectivity index (χ2n) is 15.0. The van der Waals surface area contributed by atoms with Crippen molar-refractivity contribution in [1.82, 2.24) is 19.1 Å². The molecule has 0 radical (unpaired) electrons. The van der Waals surface area contributed by atoms with Gasteiger partial charge in [0.1, 0.15) is 5.82 Å². The molecule has 270 valence electrons. The number of benzene rings is 9. The first-order chi connectivity index (χ1) is 28.8. The molecular formula is C54H34N4. The molecule has 0 saturated heterocycles. The molecule has 12 aromatic rings. The standard InChI is InChI=1S/C54H34N4/c1-3-16-36(17-4-1)51-44-25-10-9-24-42(44)45-31-32-46-43-30-29-38(34-50(43)57(53(46)52(45)56-51)40-21-5-2-6-22-40)37-19-13-20-39(33-37)54-55-47-26-11-12-27-49(47)58(54)48-28-14-18-35-15-7-8-23-41(35)48/h1-34H. The Hall–Kier alpha value is -7.82. The van der Waals surface area contributed by atoms with Crippen molar-refractivity contribution < 1.29 is 0 Å². The summed E-state index contributed by atoms with van der Waals surface area (Å²) >= 11 is 0. The molecule has 0 atom stereocenters. The Bertz CT molecular complexity index is 3560. The molecule has 0 aliphatic carbocycles. The average Bonchev–Trinajstić information content (AvgIpc) is 3.85. The summed E-state index contributed by atoms with van der Waals surface area (Å²) in [5.74, 6) is 0.915. The van der Waals surface area contributed by atoms with Gasteiger partial charge in [0.25, 0.3) is 0 Å². The van der Waals surface area contributed by atoms with Gasteiger partial charge in [-0.05, 0) is 64.4 Å². The van der Waals surface area contributed by atoms with Gasteiger partial charge >= 0.3 is 0 Å². The Balaban J connectivity index is 1.10. The molecular weight excluding hydrogens is 705 g/mol. The lowest BCUT2D eigenvalue weighted by Crippen LogP contribution is -1.99. The summed E-state index contributed by atoms with van der Waals surface area (Å²) in [7, 11) is 0. The van der Waals surface area contributed by atoms with Crippen molar-refractivity contribution in [3.05, 3.63) is 206 Å². The molecule has 3 aromatic heterocycles. The number of nitrogens with zero attached hydrogens (tertiary/aromatic N) is 4. The quantitative estimate of drug-likeness (QED) is 0.165. The lowest BCUT2D eigenvalue weighted by atomic mass is 9.98. The van der Waals surface area contributed by atoms with Gasteiger partial charge in [0.15, 0.2) is 0 Å². The van der Waals surface area contributed by atoms with Crippen LogP contribution in [0.1, 0.15) is 0 Å². The highest BCUT2D eigenvalue weighted by Crippen LogP contribution is 2.42. The molecule has 4 heteroatoms. The molecule has 0 N–H and O–H groups in total. The summed E-state index contributed by atoms with van der Waals surface area (Å²) in [6, 6.07) is 73.7. The molecule has 9 aromatic carbocycles. The second-order valence-corrected chi connectivity index (χ2v) is 15.0. The average molecular weight is 739 g/mol. The van der Waals surface area contributed by atoms with Gasteiger partial charge in [-0.1, -0.05) is 164 Å². The van der Waals surface area contributed by atoms with Crippen LogP contribution < -0.4 is 0 Å². The van der Waals surface area contributed by atoms with E-state index in [0.29, 0.717) is 0 Å². The zero-order valence-corrected chi connectivity index (χ0v) is 31.4. The van der Waals surface area contributed by atoms with E-state index in [4.69, 9.17) is 9.97 Å². The summed E-state index contributed by atoms with van der Waals surface area (Å²) < 4.78 is 4.73. The van der Waals surface area contributed by atoms with Crippen LogP contribution in [0.25, 0.3) is 110 Å². The number of rotatable bonds is 5. The zero-order valence-electron chi connectivity index (χ0n) is 31.4. The van der Waals surface area contributed by atoms with Crippen LogP contribution >= 0.6 is 0 Å². The lowest BCUT2D eigenvalue weighted by Gasteiger charge is -2.14. The number of hydrogen-bond acceptors (Lipinski definition) is 2. The molecule has 0 aliphatic heterocycles. The monoisotopic (exact) mass is 738 g/mol. The molecule has 4 nitrogen and oxygen atoms in total. The minimum Gasteiger partial charge on any atom is -0.307 e. The minimum atomic E-state index is 0.915. The highest BCUT2D eigenvalue weighted by Gasteiger charge is 2.21. The van der Waals surface area contributed by atoms with Gasteiger partial charge < -0.3 is 4.57 Å². The molecule has 3 heterocycles. The Kier molecular flexibility index (Phi) is 7.20. The van der Waals surface area contributed by atoms with E-state index in [1.54, 1.807) is 0 Å². The molecule has 0 bridgehead atoms. The van der Waals surface area contributed by atoms with E-state index in [0.717, 1.165) is 83.5 Å². The molecule has 0 unspecified atom stereocenters. The van der Waals surface area contributed by atoms with Gasteiger partial charge in [-0.3, -0.25) is 4.57 Å². The predicted molar refractivity (Wildman–Crippen MR) is 242 cm³/mol. The molecule has 0 amide bonds. The van der Waals surface area contributed by atoms with Gasteiger partial charge in [-0.25, -0.2) is 9.97 Å². The minimum absolute atomic E-state index is 0.915. The summed E-state index contributed by atoms with van der Waals surface area (Å²) in [5.41, 5.74) is 12.9. The van der Waals surface area contributed by atoms with Crippen LogP contribution in [0.5, 0.6) is 0 Å². The SMILES string of the molecule is c1ccc(-c2nc3c(ccc4c5ccc(-c6cccc(-c7nc8ccccc8n7-c7cccc8ccccc78)c6)cc5n(-c5ccccc5)c43)c3ccccc23)cc1. The van der Waals surface area contributed by atoms with Crippen LogP contribution in [0.4, 0.5) is 0 Å². The molecule has 58 heavy (non-hydrogen) atoms. The topological polar surface area (TPSA) is 35.6 Å². The number of para-hydroxylation sites is 3. The van der Waals surface area contributed by atoms with Crippen LogP contribution in [0.15, 0.2) is 206 Å². The fourth-order valence-corrected chi connectivity index (χ4v) is 9.06. The third-order valence-corrected chi connectivity index (χ3v) is 11.7. The number of imidazole rings is 1. The number of hydrogen-bond donors (Lipinski definition) is 0. The summed E-state index contributed by atoms with van der Waals surface area (Å²) in [5, 5.41) is 8.25. The molecule has 12 rings (SSSR count). The smallest absolute Gasteiger partial charge is 0.145 e. The Labute approximate surface area is 334 Å². The van der Waals surface area contributed by atoms with Gasteiger partial charge in [-0.15, -0.1) is 0 Å². The predicted octanol–water partition coefficient (Wildman–Crippen LogP) is 14.0. The van der Waals surface area contributed by atoms with Crippen molar-refractivity contribution in [1.29, 1.82) is 0 Å². The Morgan fingerprint density at radius 2 is 0.983 bits per heavy atom. The van der Waals surface area contributed by atoms with E-state index in [1.807, 2.05) is 0 Å². The van der Waals surface area contributed by atoms with E-state index in [9.17, 15) is 0 Å². The summed E-state index contributed by atoms with van der Waals surface area (Å²) in [6.45, 7) is 0. The maximum atomic E-state index is 5.55. The van der Waals surface area contributed by atoms with E-state index in [2.05, 4.69) is 215 Å². The first-order valence-electron chi connectivity index (χ1n) is 19.8. The van der Waals surface area contributed by atoms with Gasteiger partial charge in [0, 0.05) is 43.7 Å². The van der Waals surface area contributed by atoms with Crippen molar-refractivity contribution in [3.63, 3.8) is 0 Å². The summed E-state index contributed by atoms with van der Waals surface area (Å²) in [4.78, 5) is 10.8.